The van der Waals surface area contributed by atoms with E-state index < -0.39 is 39.9 Å². The van der Waals surface area contributed by atoms with Gasteiger partial charge in [-0.2, -0.15) is 4.72 Å². The lowest BCUT2D eigenvalue weighted by Gasteiger charge is -2.19. The number of carbonyl (C=O) groups excluding carboxylic acids is 2. The second-order valence-corrected chi connectivity index (χ2v) is 8.64. The van der Waals surface area contributed by atoms with Crippen molar-refractivity contribution in [1.29, 1.82) is 0 Å². The summed E-state index contributed by atoms with van der Waals surface area (Å²) in [6.07, 6.45) is 0. The highest BCUT2D eigenvalue weighted by atomic mass is 32.2. The van der Waals surface area contributed by atoms with E-state index in [1.807, 2.05) is 0 Å². The molecule has 2 aromatic rings. The van der Waals surface area contributed by atoms with Crippen molar-refractivity contribution in [3.05, 3.63) is 59.9 Å². The minimum Gasteiger partial charge on any atom is -0.459 e. The van der Waals surface area contributed by atoms with Gasteiger partial charge in [-0.05, 0) is 57.2 Å². The average molecular weight is 408 g/mol. The van der Waals surface area contributed by atoms with Crippen LogP contribution in [0.1, 0.15) is 31.1 Å². The molecule has 2 N–H and O–H groups in total. The Bertz CT molecular complexity index is 967. The molecule has 0 unspecified atom stereocenters. The molecule has 0 aromatic heterocycles. The molecule has 2 rings (SSSR count). The van der Waals surface area contributed by atoms with Crippen molar-refractivity contribution in [3.63, 3.8) is 0 Å². The first-order valence-electron chi connectivity index (χ1n) is 8.35. The Kier molecular flexibility index (Phi) is 6.52. The van der Waals surface area contributed by atoms with Crippen LogP contribution < -0.4 is 10.0 Å². The van der Waals surface area contributed by atoms with E-state index in [1.54, 1.807) is 20.8 Å². The standard InChI is InChI=1S/C19H21FN2O5S/c1-19(2,3)27-17(23)12-21-28(25,26)14-10-8-13(9-11-14)22-18(24)15-6-4-5-7-16(15)20/h4-11,21H,12H2,1-3H3,(H,22,24). The number of nitrogens with one attached hydrogen (secondary N) is 2. The maximum atomic E-state index is 13.6. The summed E-state index contributed by atoms with van der Waals surface area (Å²) in [5.41, 5.74) is -0.557. The fourth-order valence-electron chi connectivity index (χ4n) is 2.18. The number of rotatable bonds is 6. The number of hydrogen-bond acceptors (Lipinski definition) is 5. The van der Waals surface area contributed by atoms with Crippen LogP contribution >= 0.6 is 0 Å². The van der Waals surface area contributed by atoms with Gasteiger partial charge in [-0.15, -0.1) is 0 Å². The quantitative estimate of drug-likeness (QED) is 0.716. The highest BCUT2D eigenvalue weighted by Crippen LogP contribution is 2.16. The van der Waals surface area contributed by atoms with Gasteiger partial charge in [0.05, 0.1) is 10.5 Å². The number of halogens is 1. The Morgan fingerprint density at radius 2 is 1.64 bits per heavy atom. The summed E-state index contributed by atoms with van der Waals surface area (Å²) in [5.74, 6) is -2.02. The Hall–Kier alpha value is -2.78. The molecule has 0 atom stereocenters. The lowest BCUT2D eigenvalue weighted by atomic mass is 10.2. The van der Waals surface area contributed by atoms with Crippen molar-refractivity contribution in [3.8, 4) is 0 Å². The highest BCUT2D eigenvalue weighted by molar-refractivity contribution is 7.89. The van der Waals surface area contributed by atoms with Crippen LogP contribution in [-0.2, 0) is 19.6 Å². The summed E-state index contributed by atoms with van der Waals surface area (Å²) < 4.78 is 45.3. The van der Waals surface area contributed by atoms with Gasteiger partial charge >= 0.3 is 5.97 Å². The second-order valence-electron chi connectivity index (χ2n) is 6.87. The zero-order chi connectivity index (χ0) is 20.9. The van der Waals surface area contributed by atoms with Gasteiger partial charge in [0.25, 0.3) is 5.91 Å². The summed E-state index contributed by atoms with van der Waals surface area (Å²) in [6, 6.07) is 10.7. The molecule has 0 spiro atoms. The molecule has 28 heavy (non-hydrogen) atoms. The maximum Gasteiger partial charge on any atom is 0.321 e. The van der Waals surface area contributed by atoms with E-state index in [2.05, 4.69) is 10.0 Å². The van der Waals surface area contributed by atoms with Gasteiger partial charge in [-0.25, -0.2) is 12.8 Å². The van der Waals surface area contributed by atoms with Crippen LogP contribution in [-0.4, -0.2) is 32.4 Å². The number of sulfonamides is 1. The summed E-state index contributed by atoms with van der Waals surface area (Å²) in [5, 5.41) is 2.49. The minimum absolute atomic E-state index is 0.0973. The molecule has 0 aliphatic heterocycles. The Morgan fingerprint density at radius 1 is 1.04 bits per heavy atom. The van der Waals surface area contributed by atoms with Crippen molar-refractivity contribution < 1.29 is 27.1 Å². The van der Waals surface area contributed by atoms with Crippen LogP contribution in [0.25, 0.3) is 0 Å². The molecule has 0 bridgehead atoms. The number of benzene rings is 2. The molecule has 0 radical (unpaired) electrons. The van der Waals surface area contributed by atoms with E-state index in [4.69, 9.17) is 4.74 Å². The molecule has 7 nitrogen and oxygen atoms in total. The maximum absolute atomic E-state index is 13.6. The molecular formula is C19H21FN2O5S. The van der Waals surface area contributed by atoms with Gasteiger partial charge in [0.2, 0.25) is 10.0 Å². The number of ether oxygens (including phenoxy) is 1. The molecule has 1 amide bonds. The van der Waals surface area contributed by atoms with Gasteiger partial charge in [0.1, 0.15) is 18.0 Å². The number of carbonyl (C=O) groups is 2. The second kappa shape index (κ2) is 8.49. The van der Waals surface area contributed by atoms with E-state index >= 15 is 0 Å². The number of hydrogen-bond donors (Lipinski definition) is 2. The molecule has 0 aliphatic carbocycles. The molecule has 9 heteroatoms. The first-order valence-corrected chi connectivity index (χ1v) is 9.84. The van der Waals surface area contributed by atoms with Crippen LogP contribution in [0.2, 0.25) is 0 Å². The Labute approximate surface area is 163 Å². The van der Waals surface area contributed by atoms with Crippen molar-refractivity contribution in [1.82, 2.24) is 4.72 Å². The van der Waals surface area contributed by atoms with E-state index in [0.29, 0.717) is 5.69 Å². The zero-order valence-corrected chi connectivity index (χ0v) is 16.5. The van der Waals surface area contributed by atoms with E-state index in [-0.39, 0.29) is 10.5 Å². The molecule has 0 fully saturated rings. The summed E-state index contributed by atoms with van der Waals surface area (Å²) >= 11 is 0. The van der Waals surface area contributed by atoms with E-state index in [9.17, 15) is 22.4 Å². The molecule has 2 aromatic carbocycles. The molecule has 0 saturated carbocycles. The SMILES string of the molecule is CC(C)(C)OC(=O)CNS(=O)(=O)c1ccc(NC(=O)c2ccccc2F)cc1. The van der Waals surface area contributed by atoms with Gasteiger partial charge in [0.15, 0.2) is 0 Å². The average Bonchev–Trinajstić information content (AvgIpc) is 2.59. The number of amides is 1. The topological polar surface area (TPSA) is 102 Å². The zero-order valence-electron chi connectivity index (χ0n) is 15.7. The van der Waals surface area contributed by atoms with Crippen LogP contribution in [0.15, 0.2) is 53.4 Å². The van der Waals surface area contributed by atoms with Crippen LogP contribution in [0.5, 0.6) is 0 Å². The first kappa shape index (κ1) is 21.5. The summed E-state index contributed by atoms with van der Waals surface area (Å²) in [7, 11) is -3.94. The minimum atomic E-state index is -3.94. The number of esters is 1. The molecule has 0 aliphatic rings. The van der Waals surface area contributed by atoms with Gasteiger partial charge in [-0.1, -0.05) is 12.1 Å². The fourth-order valence-corrected chi connectivity index (χ4v) is 3.14. The molecule has 0 heterocycles. The first-order chi connectivity index (χ1) is 13.0. The highest BCUT2D eigenvalue weighted by Gasteiger charge is 2.20. The smallest absolute Gasteiger partial charge is 0.321 e. The normalized spacial score (nSPS) is 11.7. The Morgan fingerprint density at radius 3 is 2.21 bits per heavy atom. The monoisotopic (exact) mass is 408 g/mol. The fraction of sp³-hybridized carbons (Fsp3) is 0.263. The van der Waals surface area contributed by atoms with Crippen LogP contribution in [0.3, 0.4) is 0 Å². The molecular weight excluding hydrogens is 387 g/mol. The van der Waals surface area contributed by atoms with Crippen molar-refractivity contribution in [2.24, 2.45) is 0 Å². The predicted octanol–water partition coefficient (Wildman–Crippen LogP) is 2.70. The number of anilines is 1. The third kappa shape index (κ3) is 6.14. The van der Waals surface area contributed by atoms with Gasteiger partial charge < -0.3 is 10.1 Å². The van der Waals surface area contributed by atoms with E-state index in [1.165, 1.54) is 48.5 Å². The van der Waals surface area contributed by atoms with Crippen LogP contribution in [0.4, 0.5) is 10.1 Å². The largest absolute Gasteiger partial charge is 0.459 e. The summed E-state index contributed by atoms with van der Waals surface area (Å²) in [6.45, 7) is 4.51. The lowest BCUT2D eigenvalue weighted by Crippen LogP contribution is -2.34. The third-order valence-electron chi connectivity index (χ3n) is 3.37. The third-order valence-corrected chi connectivity index (χ3v) is 4.78. The lowest BCUT2D eigenvalue weighted by molar-refractivity contribution is -0.153. The van der Waals surface area contributed by atoms with Crippen LogP contribution in [0, 0.1) is 5.82 Å². The van der Waals surface area contributed by atoms with Crippen molar-refractivity contribution in [2.45, 2.75) is 31.3 Å². The van der Waals surface area contributed by atoms with E-state index in [0.717, 1.165) is 0 Å². The molecule has 150 valence electrons. The van der Waals surface area contributed by atoms with Gasteiger partial charge in [-0.3, -0.25) is 9.59 Å². The summed E-state index contributed by atoms with van der Waals surface area (Å²) in [4.78, 5) is 23.6. The molecule has 0 saturated heterocycles. The van der Waals surface area contributed by atoms with Gasteiger partial charge in [0, 0.05) is 5.69 Å². The van der Waals surface area contributed by atoms with Crippen molar-refractivity contribution in [2.75, 3.05) is 11.9 Å². The Balaban J connectivity index is 2.02. The van der Waals surface area contributed by atoms with Crippen molar-refractivity contribution >= 4 is 27.6 Å². The predicted molar refractivity (Wildman–Crippen MR) is 102 cm³/mol.